The van der Waals surface area contributed by atoms with Gasteiger partial charge in [0.25, 0.3) is 11.5 Å². The molecular formula is C16H19N3O2S. The Hall–Kier alpha value is -2.08. The zero-order valence-electron chi connectivity index (χ0n) is 12.7. The van der Waals surface area contributed by atoms with E-state index in [1.165, 1.54) is 28.7 Å². The van der Waals surface area contributed by atoms with Gasteiger partial charge in [-0.3, -0.25) is 14.2 Å². The molecule has 1 amide bonds. The first kappa shape index (κ1) is 16.3. The maximum absolute atomic E-state index is 12.2. The van der Waals surface area contributed by atoms with Crippen molar-refractivity contribution in [1.82, 2.24) is 14.9 Å². The van der Waals surface area contributed by atoms with Crippen molar-refractivity contribution in [2.45, 2.75) is 24.8 Å². The van der Waals surface area contributed by atoms with Crippen molar-refractivity contribution in [2.24, 2.45) is 0 Å². The number of thioether (sulfide) groups is 1. The van der Waals surface area contributed by atoms with Crippen LogP contribution in [0.1, 0.15) is 23.0 Å². The van der Waals surface area contributed by atoms with Crippen molar-refractivity contribution in [2.75, 3.05) is 12.8 Å². The van der Waals surface area contributed by atoms with E-state index >= 15 is 0 Å². The van der Waals surface area contributed by atoms with Crippen LogP contribution in [0.4, 0.5) is 0 Å². The molecule has 0 saturated heterocycles. The lowest BCUT2D eigenvalue weighted by atomic mass is 10.2. The number of nitrogens with one attached hydrogen (secondary N) is 1. The van der Waals surface area contributed by atoms with Crippen molar-refractivity contribution in [3.8, 4) is 0 Å². The number of benzene rings is 1. The summed E-state index contributed by atoms with van der Waals surface area (Å²) in [6.07, 6.45) is 4.20. The van der Waals surface area contributed by atoms with E-state index in [9.17, 15) is 9.59 Å². The van der Waals surface area contributed by atoms with E-state index in [-0.39, 0.29) is 11.5 Å². The highest BCUT2D eigenvalue weighted by molar-refractivity contribution is 7.98. The molecule has 0 radical (unpaired) electrons. The molecule has 22 heavy (non-hydrogen) atoms. The van der Waals surface area contributed by atoms with Gasteiger partial charge in [-0.1, -0.05) is 19.1 Å². The number of nitrogens with zero attached hydrogens (tertiary/aromatic N) is 2. The van der Waals surface area contributed by atoms with Crippen LogP contribution in [0.25, 0.3) is 0 Å². The minimum atomic E-state index is -0.129. The Morgan fingerprint density at radius 1 is 1.36 bits per heavy atom. The van der Waals surface area contributed by atoms with Crippen LogP contribution in [0, 0.1) is 0 Å². The standard InChI is InChI=1S/C16H19N3O2S/c1-3-12-10-15(20)19(11-18-12)9-8-17-16(21)13-6-4-5-7-14(13)22-2/h4-7,10-11H,3,8-9H2,1-2H3,(H,17,21). The minimum Gasteiger partial charge on any atom is -0.350 e. The van der Waals surface area contributed by atoms with Gasteiger partial charge in [-0.25, -0.2) is 4.98 Å². The van der Waals surface area contributed by atoms with E-state index in [4.69, 9.17) is 0 Å². The van der Waals surface area contributed by atoms with Crippen molar-refractivity contribution in [3.05, 3.63) is 58.3 Å². The Balaban J connectivity index is 1.96. The fourth-order valence-corrected chi connectivity index (χ4v) is 2.64. The van der Waals surface area contributed by atoms with Crippen LogP contribution in [0.5, 0.6) is 0 Å². The van der Waals surface area contributed by atoms with Crippen LogP contribution in [-0.4, -0.2) is 28.3 Å². The topological polar surface area (TPSA) is 64.0 Å². The van der Waals surface area contributed by atoms with Gasteiger partial charge in [0.1, 0.15) is 0 Å². The number of aryl methyl sites for hydroxylation is 1. The summed E-state index contributed by atoms with van der Waals surface area (Å²) in [4.78, 5) is 29.1. The molecule has 0 fully saturated rings. The second kappa shape index (κ2) is 7.79. The molecule has 6 heteroatoms. The van der Waals surface area contributed by atoms with Gasteiger partial charge in [0.15, 0.2) is 0 Å². The molecule has 1 aromatic carbocycles. The smallest absolute Gasteiger partial charge is 0.253 e. The van der Waals surface area contributed by atoms with Crippen LogP contribution in [0.15, 0.2) is 46.3 Å². The molecule has 0 saturated carbocycles. The Labute approximate surface area is 133 Å². The first-order valence-electron chi connectivity index (χ1n) is 7.12. The second-order valence-electron chi connectivity index (χ2n) is 4.72. The molecule has 116 valence electrons. The highest BCUT2D eigenvalue weighted by Crippen LogP contribution is 2.19. The maximum Gasteiger partial charge on any atom is 0.253 e. The lowest BCUT2D eigenvalue weighted by molar-refractivity contribution is 0.0949. The summed E-state index contributed by atoms with van der Waals surface area (Å²) >= 11 is 1.53. The number of amides is 1. The fraction of sp³-hybridized carbons (Fsp3) is 0.312. The molecule has 5 nitrogen and oxygen atoms in total. The molecule has 0 aliphatic heterocycles. The van der Waals surface area contributed by atoms with Crippen molar-refractivity contribution >= 4 is 17.7 Å². The zero-order chi connectivity index (χ0) is 15.9. The predicted octanol–water partition coefficient (Wildman–Crippen LogP) is 1.96. The Morgan fingerprint density at radius 3 is 2.82 bits per heavy atom. The van der Waals surface area contributed by atoms with Gasteiger partial charge in [0.05, 0.1) is 11.9 Å². The van der Waals surface area contributed by atoms with E-state index in [0.717, 1.165) is 17.0 Å². The van der Waals surface area contributed by atoms with E-state index in [1.807, 2.05) is 31.4 Å². The summed E-state index contributed by atoms with van der Waals surface area (Å²) in [5.74, 6) is -0.129. The molecule has 0 aliphatic carbocycles. The molecule has 0 atom stereocenters. The summed E-state index contributed by atoms with van der Waals surface area (Å²) < 4.78 is 1.50. The number of carbonyl (C=O) groups excluding carboxylic acids is 1. The predicted molar refractivity (Wildman–Crippen MR) is 88.4 cm³/mol. The summed E-state index contributed by atoms with van der Waals surface area (Å²) in [5.41, 5.74) is 1.34. The van der Waals surface area contributed by atoms with Crippen LogP contribution in [-0.2, 0) is 13.0 Å². The minimum absolute atomic E-state index is 0.0920. The van der Waals surface area contributed by atoms with Gasteiger partial charge in [0, 0.05) is 29.7 Å². The van der Waals surface area contributed by atoms with E-state index < -0.39 is 0 Å². The summed E-state index contributed by atoms with van der Waals surface area (Å²) in [6.45, 7) is 2.74. The third-order valence-corrected chi connectivity index (χ3v) is 4.08. The summed E-state index contributed by atoms with van der Waals surface area (Å²) in [5, 5.41) is 2.84. The first-order chi connectivity index (χ1) is 10.7. The first-order valence-corrected chi connectivity index (χ1v) is 8.34. The second-order valence-corrected chi connectivity index (χ2v) is 5.57. The number of hydrogen-bond donors (Lipinski definition) is 1. The normalized spacial score (nSPS) is 10.5. The molecule has 0 bridgehead atoms. The SMILES string of the molecule is CCc1cc(=O)n(CCNC(=O)c2ccccc2SC)cn1. The quantitative estimate of drug-likeness (QED) is 0.827. The van der Waals surface area contributed by atoms with E-state index in [2.05, 4.69) is 10.3 Å². The summed E-state index contributed by atoms with van der Waals surface area (Å²) in [6, 6.07) is 8.99. The Kier molecular flexibility index (Phi) is 5.77. The van der Waals surface area contributed by atoms with Crippen molar-refractivity contribution in [1.29, 1.82) is 0 Å². The third-order valence-electron chi connectivity index (χ3n) is 3.29. The molecular weight excluding hydrogens is 298 g/mol. The maximum atomic E-state index is 12.2. The Bertz CT molecular complexity index is 713. The lowest BCUT2D eigenvalue weighted by Crippen LogP contribution is -2.31. The number of aromatic nitrogens is 2. The van der Waals surface area contributed by atoms with E-state index in [1.54, 1.807) is 6.07 Å². The van der Waals surface area contributed by atoms with Crippen LogP contribution < -0.4 is 10.9 Å². The molecule has 0 spiro atoms. The van der Waals surface area contributed by atoms with Crippen LogP contribution in [0.3, 0.4) is 0 Å². The van der Waals surface area contributed by atoms with Crippen LogP contribution in [0.2, 0.25) is 0 Å². The monoisotopic (exact) mass is 317 g/mol. The van der Waals surface area contributed by atoms with Gasteiger partial charge in [-0.15, -0.1) is 11.8 Å². The molecule has 1 aromatic heterocycles. The average Bonchev–Trinajstić information content (AvgIpc) is 2.56. The van der Waals surface area contributed by atoms with Crippen molar-refractivity contribution < 1.29 is 4.79 Å². The molecule has 1 N–H and O–H groups in total. The molecule has 2 aromatic rings. The molecule has 1 heterocycles. The van der Waals surface area contributed by atoms with E-state index in [0.29, 0.717) is 18.7 Å². The Morgan fingerprint density at radius 2 is 2.14 bits per heavy atom. The van der Waals surface area contributed by atoms with Crippen molar-refractivity contribution in [3.63, 3.8) is 0 Å². The van der Waals surface area contributed by atoms with Gasteiger partial charge < -0.3 is 5.32 Å². The number of rotatable bonds is 6. The highest BCUT2D eigenvalue weighted by atomic mass is 32.2. The number of hydrogen-bond acceptors (Lipinski definition) is 4. The molecule has 0 unspecified atom stereocenters. The fourth-order valence-electron chi connectivity index (χ4n) is 2.04. The van der Waals surface area contributed by atoms with Gasteiger partial charge in [-0.2, -0.15) is 0 Å². The van der Waals surface area contributed by atoms with Gasteiger partial charge in [0.2, 0.25) is 0 Å². The molecule has 0 aliphatic rings. The third kappa shape index (κ3) is 3.98. The highest BCUT2D eigenvalue weighted by Gasteiger charge is 2.09. The van der Waals surface area contributed by atoms with Gasteiger partial charge in [-0.05, 0) is 24.8 Å². The largest absolute Gasteiger partial charge is 0.350 e. The zero-order valence-corrected chi connectivity index (χ0v) is 13.5. The number of carbonyl (C=O) groups is 1. The molecule has 2 rings (SSSR count). The lowest BCUT2D eigenvalue weighted by Gasteiger charge is -2.09. The van der Waals surface area contributed by atoms with Crippen LogP contribution >= 0.6 is 11.8 Å². The van der Waals surface area contributed by atoms with Gasteiger partial charge >= 0.3 is 0 Å². The average molecular weight is 317 g/mol. The summed E-state index contributed by atoms with van der Waals surface area (Å²) in [7, 11) is 0.